The van der Waals surface area contributed by atoms with Crippen molar-refractivity contribution in [1.82, 2.24) is 0 Å². The summed E-state index contributed by atoms with van der Waals surface area (Å²) in [7, 11) is 0. The van der Waals surface area contributed by atoms with Crippen LogP contribution in [-0.4, -0.2) is 23.1 Å². The molecular formula is C6H15N2O2+. The van der Waals surface area contributed by atoms with E-state index in [2.05, 4.69) is 5.29 Å². The van der Waals surface area contributed by atoms with Crippen molar-refractivity contribution in [3.05, 3.63) is 4.91 Å². The third kappa shape index (κ3) is 2.89. The van der Waals surface area contributed by atoms with Gasteiger partial charge >= 0.3 is 0 Å². The van der Waals surface area contributed by atoms with Gasteiger partial charge in [0, 0.05) is 0 Å². The van der Waals surface area contributed by atoms with Gasteiger partial charge in [-0.25, -0.2) is 0 Å². The maximum Gasteiger partial charge on any atom is 0.189 e. The summed E-state index contributed by atoms with van der Waals surface area (Å²) in [5.41, 5.74) is 0. The molecule has 0 aliphatic rings. The molecule has 0 fully saturated rings. The van der Waals surface area contributed by atoms with Crippen LogP contribution in [0, 0.1) is 4.91 Å². The van der Waals surface area contributed by atoms with Crippen molar-refractivity contribution < 1.29 is 9.96 Å². The fourth-order valence-electron chi connectivity index (χ4n) is 0.910. The lowest BCUT2D eigenvalue weighted by Gasteiger charge is -2.17. The van der Waals surface area contributed by atoms with Gasteiger partial charge in [0.05, 0.1) is 0 Å². The third-order valence-electron chi connectivity index (χ3n) is 1.32. The van der Waals surface area contributed by atoms with Gasteiger partial charge in [-0.3, -0.25) is 0 Å². The Kier molecular flexibility index (Phi) is 4.14. The van der Waals surface area contributed by atoms with Crippen LogP contribution in [0.25, 0.3) is 0 Å². The summed E-state index contributed by atoms with van der Waals surface area (Å²) in [6, 6.07) is 0. The molecule has 1 N–H and O–H groups in total. The molecular weight excluding hydrogens is 132 g/mol. The van der Waals surface area contributed by atoms with Crippen LogP contribution in [0.4, 0.5) is 0 Å². The Morgan fingerprint density at radius 2 is 1.70 bits per heavy atom. The van der Waals surface area contributed by atoms with Crippen LogP contribution in [-0.2, 0) is 0 Å². The Labute approximate surface area is 60.9 Å². The number of hydrogen-bond acceptors (Lipinski definition) is 3. The van der Waals surface area contributed by atoms with Crippen molar-refractivity contribution in [1.29, 1.82) is 0 Å². The first-order valence-corrected chi connectivity index (χ1v) is 3.63. The molecule has 0 bridgehead atoms. The highest BCUT2D eigenvalue weighted by atomic mass is 16.6. The molecule has 0 aromatic rings. The van der Waals surface area contributed by atoms with Gasteiger partial charge < -0.3 is 0 Å². The molecule has 0 heterocycles. The van der Waals surface area contributed by atoms with E-state index in [1.807, 2.05) is 13.8 Å². The van der Waals surface area contributed by atoms with Crippen LogP contribution in [0.2, 0.25) is 0 Å². The molecule has 10 heavy (non-hydrogen) atoms. The molecule has 0 aliphatic carbocycles. The van der Waals surface area contributed by atoms with Gasteiger partial charge in [0.1, 0.15) is 13.1 Å². The molecule has 0 radical (unpaired) electrons. The van der Waals surface area contributed by atoms with Crippen molar-refractivity contribution in [3.8, 4) is 0 Å². The number of hydrogen-bond donors (Lipinski definition) is 1. The zero-order chi connectivity index (χ0) is 8.04. The number of quaternary nitrogens is 1. The first-order chi connectivity index (χ1) is 4.68. The van der Waals surface area contributed by atoms with Crippen molar-refractivity contribution >= 4 is 0 Å². The Bertz CT molecular complexity index is 99.9. The van der Waals surface area contributed by atoms with Gasteiger partial charge in [-0.05, 0) is 17.6 Å². The third-order valence-corrected chi connectivity index (χ3v) is 1.32. The molecule has 0 aliphatic heterocycles. The lowest BCUT2D eigenvalue weighted by atomic mass is 10.4. The number of hydroxylamine groups is 2. The molecule has 60 valence electrons. The van der Waals surface area contributed by atoms with E-state index in [-0.39, 0.29) is 0 Å². The number of nitroso groups, excluding NO2 is 1. The van der Waals surface area contributed by atoms with E-state index < -0.39 is 4.76 Å². The molecule has 0 aromatic carbocycles. The topological polar surface area (TPSA) is 49.7 Å². The Morgan fingerprint density at radius 1 is 1.30 bits per heavy atom. The maximum atomic E-state index is 10.1. The molecule has 0 saturated heterocycles. The largest absolute Gasteiger partial charge is 0.189 e. The van der Waals surface area contributed by atoms with Crippen molar-refractivity contribution in [2.45, 2.75) is 26.7 Å². The minimum Gasteiger partial charge on any atom is -0.186 e. The molecule has 0 aromatic heterocycles. The minimum atomic E-state index is -0.674. The fraction of sp³-hybridized carbons (Fsp3) is 1.00. The predicted molar refractivity (Wildman–Crippen MR) is 38.2 cm³/mol. The highest BCUT2D eigenvalue weighted by Crippen LogP contribution is 2.04. The molecule has 4 heteroatoms. The first kappa shape index (κ1) is 9.52. The standard InChI is InChI=1S/C6H15N2O2/c1-3-5-8(10,7-9)6-4-2/h10H,3-6H2,1-2H3/q+1. The van der Waals surface area contributed by atoms with E-state index in [0.29, 0.717) is 13.1 Å². The van der Waals surface area contributed by atoms with E-state index in [1.54, 1.807) is 0 Å². The Hall–Kier alpha value is -0.480. The summed E-state index contributed by atoms with van der Waals surface area (Å²) in [6.07, 6.45) is 1.53. The van der Waals surface area contributed by atoms with Crippen molar-refractivity contribution in [2.75, 3.05) is 13.1 Å². The van der Waals surface area contributed by atoms with Gasteiger partial charge in [0.25, 0.3) is 0 Å². The summed E-state index contributed by atoms with van der Waals surface area (Å²) in [5.74, 6) is 0. The second-order valence-electron chi connectivity index (χ2n) is 2.41. The molecule has 0 spiro atoms. The lowest BCUT2D eigenvalue weighted by Crippen LogP contribution is -2.39. The second-order valence-corrected chi connectivity index (χ2v) is 2.41. The zero-order valence-corrected chi connectivity index (χ0v) is 6.58. The van der Waals surface area contributed by atoms with E-state index in [1.165, 1.54) is 0 Å². The van der Waals surface area contributed by atoms with E-state index >= 15 is 0 Å². The summed E-state index contributed by atoms with van der Waals surface area (Å²) >= 11 is 0. The smallest absolute Gasteiger partial charge is 0.186 e. The van der Waals surface area contributed by atoms with Gasteiger partial charge in [-0.1, -0.05) is 18.8 Å². The fourth-order valence-corrected chi connectivity index (χ4v) is 0.910. The molecule has 0 atom stereocenters. The molecule has 4 nitrogen and oxygen atoms in total. The predicted octanol–water partition coefficient (Wildman–Crippen LogP) is 1.69. The van der Waals surface area contributed by atoms with E-state index in [9.17, 15) is 10.1 Å². The monoisotopic (exact) mass is 147 g/mol. The number of nitrogens with zero attached hydrogens (tertiary/aromatic N) is 2. The van der Waals surface area contributed by atoms with Gasteiger partial charge in [-0.2, -0.15) is 5.21 Å². The van der Waals surface area contributed by atoms with Crippen LogP contribution in [0.5, 0.6) is 0 Å². The molecule has 0 rings (SSSR count). The summed E-state index contributed by atoms with van der Waals surface area (Å²) in [5, 5.41) is 11.9. The van der Waals surface area contributed by atoms with Crippen molar-refractivity contribution in [2.24, 2.45) is 5.29 Å². The summed E-state index contributed by atoms with van der Waals surface area (Å²) < 4.78 is -0.674. The highest BCUT2D eigenvalue weighted by Gasteiger charge is 2.24. The molecule has 0 unspecified atom stereocenters. The second kappa shape index (κ2) is 4.35. The lowest BCUT2D eigenvalue weighted by molar-refractivity contribution is -1.11. The van der Waals surface area contributed by atoms with Crippen LogP contribution in [0.3, 0.4) is 0 Å². The van der Waals surface area contributed by atoms with Crippen LogP contribution in [0.1, 0.15) is 26.7 Å². The Balaban J connectivity index is 3.81. The SMILES string of the molecule is CCC[N+](O)(CCC)N=O. The summed E-state index contributed by atoms with van der Waals surface area (Å²) in [4.78, 5) is 10.1. The van der Waals surface area contributed by atoms with Crippen LogP contribution in [0.15, 0.2) is 5.29 Å². The average Bonchev–Trinajstić information content (AvgIpc) is 1.89. The minimum absolute atomic E-state index is 0.414. The van der Waals surface area contributed by atoms with Gasteiger partial charge in [0.15, 0.2) is 5.29 Å². The normalized spacial score (nSPS) is 11.5. The van der Waals surface area contributed by atoms with Gasteiger partial charge in [-0.15, -0.1) is 0 Å². The number of rotatable bonds is 5. The first-order valence-electron chi connectivity index (χ1n) is 3.63. The maximum absolute atomic E-state index is 10.1. The average molecular weight is 147 g/mol. The van der Waals surface area contributed by atoms with Crippen molar-refractivity contribution in [3.63, 3.8) is 0 Å². The van der Waals surface area contributed by atoms with E-state index in [4.69, 9.17) is 0 Å². The quantitative estimate of drug-likeness (QED) is 0.365. The molecule has 0 saturated carbocycles. The van der Waals surface area contributed by atoms with Crippen LogP contribution >= 0.6 is 0 Å². The summed E-state index contributed by atoms with van der Waals surface area (Å²) in [6.45, 7) is 4.64. The van der Waals surface area contributed by atoms with Crippen LogP contribution < -0.4 is 0 Å². The zero-order valence-electron chi connectivity index (χ0n) is 6.58. The van der Waals surface area contributed by atoms with Gasteiger partial charge in [0.2, 0.25) is 0 Å². The van der Waals surface area contributed by atoms with E-state index in [0.717, 1.165) is 12.8 Å². The Morgan fingerprint density at radius 3 is 1.90 bits per heavy atom. The molecule has 0 amide bonds. The highest BCUT2D eigenvalue weighted by molar-refractivity contribution is 4.27.